The van der Waals surface area contributed by atoms with Gasteiger partial charge in [0.05, 0.1) is 24.9 Å². The smallest absolute Gasteiger partial charge is 0.277 e. The van der Waals surface area contributed by atoms with Gasteiger partial charge in [-0.3, -0.25) is 4.79 Å². The Balaban J connectivity index is 1.98. The standard InChI is InChI=1S/C22H19N3O2/c1-16-18(14-23)8-13-21(24-16)22(26)25(15-17-6-4-3-5-7-17)19-9-11-20(27-2)12-10-19/h3-13H,15H2,1-2H3. The molecule has 5 nitrogen and oxygen atoms in total. The predicted octanol–water partition coefficient (Wildman–Crippen LogP) is 4.12. The van der Waals surface area contributed by atoms with Gasteiger partial charge >= 0.3 is 0 Å². The van der Waals surface area contributed by atoms with E-state index in [1.54, 1.807) is 31.1 Å². The Hall–Kier alpha value is -3.65. The van der Waals surface area contributed by atoms with Crippen molar-refractivity contribution in [1.82, 2.24) is 4.98 Å². The van der Waals surface area contributed by atoms with Crippen LogP contribution < -0.4 is 9.64 Å². The summed E-state index contributed by atoms with van der Waals surface area (Å²) in [5.74, 6) is 0.495. The van der Waals surface area contributed by atoms with E-state index in [0.29, 0.717) is 23.5 Å². The van der Waals surface area contributed by atoms with Gasteiger partial charge in [-0.25, -0.2) is 4.98 Å². The summed E-state index contributed by atoms with van der Waals surface area (Å²) in [6, 6.07) is 22.4. The lowest BCUT2D eigenvalue weighted by atomic mass is 10.1. The number of hydrogen-bond acceptors (Lipinski definition) is 4. The highest BCUT2D eigenvalue weighted by Gasteiger charge is 2.20. The van der Waals surface area contributed by atoms with Crippen LogP contribution in [0.4, 0.5) is 5.69 Å². The average molecular weight is 357 g/mol. The molecular formula is C22H19N3O2. The number of hydrogen-bond donors (Lipinski definition) is 0. The molecule has 0 radical (unpaired) electrons. The second-order valence-electron chi connectivity index (χ2n) is 6.02. The third-order valence-corrected chi connectivity index (χ3v) is 4.24. The third kappa shape index (κ3) is 4.13. The van der Waals surface area contributed by atoms with E-state index in [-0.39, 0.29) is 5.91 Å². The van der Waals surface area contributed by atoms with Crippen LogP contribution in [0.1, 0.15) is 27.3 Å². The zero-order valence-electron chi connectivity index (χ0n) is 15.2. The minimum Gasteiger partial charge on any atom is -0.497 e. The van der Waals surface area contributed by atoms with Crippen LogP contribution in [0.5, 0.6) is 5.75 Å². The molecule has 5 heteroatoms. The number of benzene rings is 2. The van der Waals surface area contributed by atoms with E-state index in [1.165, 1.54) is 0 Å². The zero-order chi connectivity index (χ0) is 19.2. The van der Waals surface area contributed by atoms with Crippen molar-refractivity contribution in [3.63, 3.8) is 0 Å². The van der Waals surface area contributed by atoms with Crippen molar-refractivity contribution >= 4 is 11.6 Å². The molecule has 0 unspecified atom stereocenters. The fourth-order valence-corrected chi connectivity index (χ4v) is 2.75. The molecule has 1 aromatic heterocycles. The van der Waals surface area contributed by atoms with E-state index < -0.39 is 0 Å². The largest absolute Gasteiger partial charge is 0.497 e. The Morgan fingerprint density at radius 2 is 1.78 bits per heavy atom. The van der Waals surface area contributed by atoms with Crippen LogP contribution in [0.2, 0.25) is 0 Å². The SMILES string of the molecule is COc1ccc(N(Cc2ccccc2)C(=O)c2ccc(C#N)c(C)n2)cc1. The number of carbonyl (C=O) groups is 1. The number of methoxy groups -OCH3 is 1. The lowest BCUT2D eigenvalue weighted by Gasteiger charge is -2.23. The molecule has 1 heterocycles. The van der Waals surface area contributed by atoms with E-state index in [9.17, 15) is 4.79 Å². The van der Waals surface area contributed by atoms with Crippen LogP contribution in [0.3, 0.4) is 0 Å². The summed E-state index contributed by atoms with van der Waals surface area (Å²) < 4.78 is 5.21. The highest BCUT2D eigenvalue weighted by atomic mass is 16.5. The molecule has 0 fully saturated rings. The molecule has 0 aliphatic rings. The summed E-state index contributed by atoms with van der Waals surface area (Å²) >= 11 is 0. The summed E-state index contributed by atoms with van der Waals surface area (Å²) in [4.78, 5) is 19.2. The predicted molar refractivity (Wildman–Crippen MR) is 104 cm³/mol. The van der Waals surface area contributed by atoms with Crippen molar-refractivity contribution in [3.8, 4) is 11.8 Å². The molecule has 2 aromatic carbocycles. The maximum Gasteiger partial charge on any atom is 0.277 e. The zero-order valence-corrected chi connectivity index (χ0v) is 15.2. The number of carbonyl (C=O) groups excluding carboxylic acids is 1. The number of nitriles is 1. The van der Waals surface area contributed by atoms with Crippen molar-refractivity contribution < 1.29 is 9.53 Å². The van der Waals surface area contributed by atoms with E-state index in [2.05, 4.69) is 11.1 Å². The van der Waals surface area contributed by atoms with Gasteiger partial charge in [0, 0.05) is 5.69 Å². The highest BCUT2D eigenvalue weighted by Crippen LogP contribution is 2.23. The quantitative estimate of drug-likeness (QED) is 0.689. The molecule has 0 bridgehead atoms. The van der Waals surface area contributed by atoms with E-state index in [4.69, 9.17) is 10.00 Å². The summed E-state index contributed by atoms with van der Waals surface area (Å²) in [5.41, 5.74) is 3.06. The van der Waals surface area contributed by atoms with Gasteiger partial charge in [-0.15, -0.1) is 0 Å². The minimum absolute atomic E-state index is 0.225. The molecule has 0 spiro atoms. The first-order chi connectivity index (χ1) is 13.1. The topological polar surface area (TPSA) is 66.2 Å². The van der Waals surface area contributed by atoms with Gasteiger partial charge in [-0.05, 0) is 48.9 Å². The van der Waals surface area contributed by atoms with Gasteiger partial charge in [0.1, 0.15) is 17.5 Å². The number of ether oxygens (including phenoxy) is 1. The van der Waals surface area contributed by atoms with Crippen molar-refractivity contribution in [2.75, 3.05) is 12.0 Å². The van der Waals surface area contributed by atoms with Gasteiger partial charge < -0.3 is 9.64 Å². The summed E-state index contributed by atoms with van der Waals surface area (Å²) in [5, 5.41) is 9.08. The molecule has 0 saturated carbocycles. The number of anilines is 1. The van der Waals surface area contributed by atoms with Crippen LogP contribution >= 0.6 is 0 Å². The Kier molecular flexibility index (Phi) is 5.48. The molecule has 27 heavy (non-hydrogen) atoms. The Morgan fingerprint density at radius 3 is 2.37 bits per heavy atom. The molecule has 0 N–H and O–H groups in total. The molecule has 3 aromatic rings. The minimum atomic E-state index is -0.225. The molecule has 134 valence electrons. The Morgan fingerprint density at radius 1 is 1.07 bits per heavy atom. The van der Waals surface area contributed by atoms with Crippen LogP contribution in [0.25, 0.3) is 0 Å². The number of amides is 1. The van der Waals surface area contributed by atoms with Crippen molar-refractivity contribution in [2.24, 2.45) is 0 Å². The van der Waals surface area contributed by atoms with Crippen LogP contribution in [0.15, 0.2) is 66.7 Å². The van der Waals surface area contributed by atoms with Crippen LogP contribution in [-0.4, -0.2) is 18.0 Å². The second-order valence-corrected chi connectivity index (χ2v) is 6.02. The number of aromatic nitrogens is 1. The van der Waals surface area contributed by atoms with Crippen LogP contribution in [-0.2, 0) is 6.54 Å². The van der Waals surface area contributed by atoms with E-state index >= 15 is 0 Å². The fraction of sp³-hybridized carbons (Fsp3) is 0.136. The lowest BCUT2D eigenvalue weighted by Crippen LogP contribution is -2.31. The van der Waals surface area contributed by atoms with Gasteiger partial charge in [-0.1, -0.05) is 30.3 Å². The third-order valence-electron chi connectivity index (χ3n) is 4.24. The molecule has 0 aliphatic carbocycles. The van der Waals surface area contributed by atoms with Crippen LogP contribution in [0, 0.1) is 18.3 Å². The Bertz CT molecular complexity index is 977. The summed E-state index contributed by atoms with van der Waals surface area (Å²) in [6.07, 6.45) is 0. The maximum atomic E-state index is 13.2. The molecule has 3 rings (SSSR count). The normalized spacial score (nSPS) is 10.1. The van der Waals surface area contributed by atoms with Crippen molar-refractivity contribution in [3.05, 3.63) is 89.2 Å². The summed E-state index contributed by atoms with van der Waals surface area (Å²) in [7, 11) is 1.60. The lowest BCUT2D eigenvalue weighted by molar-refractivity contribution is 0.0980. The van der Waals surface area contributed by atoms with E-state index in [1.807, 2.05) is 54.6 Å². The first-order valence-corrected chi connectivity index (χ1v) is 8.50. The van der Waals surface area contributed by atoms with Crippen molar-refractivity contribution in [1.29, 1.82) is 5.26 Å². The van der Waals surface area contributed by atoms with Gasteiger partial charge in [0.2, 0.25) is 0 Å². The number of nitrogens with zero attached hydrogens (tertiary/aromatic N) is 3. The van der Waals surface area contributed by atoms with Gasteiger partial charge in [0.25, 0.3) is 5.91 Å². The highest BCUT2D eigenvalue weighted by molar-refractivity contribution is 6.04. The molecule has 0 atom stereocenters. The number of pyridine rings is 1. The monoisotopic (exact) mass is 357 g/mol. The maximum absolute atomic E-state index is 13.2. The van der Waals surface area contributed by atoms with Crippen molar-refractivity contribution in [2.45, 2.75) is 13.5 Å². The number of aryl methyl sites for hydroxylation is 1. The van der Waals surface area contributed by atoms with Gasteiger partial charge in [0.15, 0.2) is 0 Å². The molecule has 0 saturated heterocycles. The fourth-order valence-electron chi connectivity index (χ4n) is 2.75. The van der Waals surface area contributed by atoms with E-state index in [0.717, 1.165) is 17.0 Å². The first-order valence-electron chi connectivity index (χ1n) is 8.50. The number of rotatable bonds is 5. The Labute approximate surface area is 158 Å². The second kappa shape index (κ2) is 8.15. The average Bonchev–Trinajstić information content (AvgIpc) is 2.72. The summed E-state index contributed by atoms with van der Waals surface area (Å²) in [6.45, 7) is 2.14. The molecular weight excluding hydrogens is 338 g/mol. The van der Waals surface area contributed by atoms with Gasteiger partial charge in [-0.2, -0.15) is 5.26 Å². The molecule has 1 amide bonds. The first kappa shape index (κ1) is 18.2. The molecule has 0 aliphatic heterocycles.